The number of amides is 2. The van der Waals surface area contributed by atoms with Crippen molar-refractivity contribution in [3.8, 4) is 0 Å². The Bertz CT molecular complexity index is 936. The molecule has 4 rings (SSSR count). The summed E-state index contributed by atoms with van der Waals surface area (Å²) in [5.41, 5.74) is 1.56. The number of benzene rings is 2. The molecule has 2 heterocycles. The highest BCUT2D eigenvalue weighted by Crippen LogP contribution is 2.43. The van der Waals surface area contributed by atoms with E-state index in [1.165, 1.54) is 23.1 Å². The monoisotopic (exact) mass is 355 g/mol. The number of carbonyl (C=O) groups excluding carboxylic acids is 2. The summed E-state index contributed by atoms with van der Waals surface area (Å²) in [6, 6.07) is 15.1. The summed E-state index contributed by atoms with van der Waals surface area (Å²) >= 11 is 2.65. The number of nitrogens with one attached hydrogen (secondary N) is 2. The minimum absolute atomic E-state index is 0.329. The van der Waals surface area contributed by atoms with Crippen LogP contribution in [0.1, 0.15) is 6.92 Å². The van der Waals surface area contributed by atoms with Gasteiger partial charge in [-0.2, -0.15) is 0 Å². The van der Waals surface area contributed by atoms with Gasteiger partial charge in [-0.3, -0.25) is 9.59 Å². The zero-order valence-corrected chi connectivity index (χ0v) is 14.3. The van der Waals surface area contributed by atoms with E-state index in [4.69, 9.17) is 0 Å². The van der Waals surface area contributed by atoms with Crippen LogP contribution in [0.3, 0.4) is 0 Å². The molecule has 2 N–H and O–H groups in total. The van der Waals surface area contributed by atoms with Crippen molar-refractivity contribution in [1.82, 2.24) is 4.98 Å². The minimum atomic E-state index is -1.24. The Morgan fingerprint density at radius 3 is 2.75 bits per heavy atom. The molecule has 1 aliphatic heterocycles. The van der Waals surface area contributed by atoms with Crippen LogP contribution in [0, 0.1) is 0 Å². The molecule has 2 aromatic carbocycles. The SMILES string of the molecule is CC1(C(=O)Nc2nc3ccccc3s2)Sc2ccccc2NC1=O. The van der Waals surface area contributed by atoms with E-state index in [0.717, 1.165) is 20.8 Å². The fourth-order valence-electron chi connectivity index (χ4n) is 2.46. The zero-order chi connectivity index (χ0) is 16.7. The molecule has 3 aromatic rings. The van der Waals surface area contributed by atoms with Crippen LogP contribution in [-0.2, 0) is 9.59 Å². The Morgan fingerprint density at radius 2 is 1.92 bits per heavy atom. The number of aromatic nitrogens is 1. The van der Waals surface area contributed by atoms with Crippen molar-refractivity contribution in [2.24, 2.45) is 0 Å². The highest BCUT2D eigenvalue weighted by atomic mass is 32.2. The quantitative estimate of drug-likeness (QED) is 0.687. The number of thiazole rings is 1. The van der Waals surface area contributed by atoms with Gasteiger partial charge in [0.2, 0.25) is 5.91 Å². The number of hydrogen-bond donors (Lipinski definition) is 2. The van der Waals surface area contributed by atoms with Gasteiger partial charge < -0.3 is 10.6 Å². The normalized spacial score (nSPS) is 19.6. The van der Waals surface area contributed by atoms with Gasteiger partial charge in [0, 0.05) is 4.90 Å². The molecule has 0 radical (unpaired) electrons. The van der Waals surface area contributed by atoms with Gasteiger partial charge in [-0.05, 0) is 31.2 Å². The fraction of sp³-hybridized carbons (Fsp3) is 0.118. The van der Waals surface area contributed by atoms with E-state index in [-0.39, 0.29) is 11.8 Å². The van der Waals surface area contributed by atoms with Crippen LogP contribution in [-0.4, -0.2) is 21.5 Å². The van der Waals surface area contributed by atoms with Gasteiger partial charge in [-0.25, -0.2) is 4.98 Å². The maximum absolute atomic E-state index is 12.8. The van der Waals surface area contributed by atoms with Crippen molar-refractivity contribution >= 4 is 55.9 Å². The van der Waals surface area contributed by atoms with Crippen LogP contribution in [0.4, 0.5) is 10.8 Å². The third-order valence-electron chi connectivity index (χ3n) is 3.83. The second-order valence-electron chi connectivity index (χ2n) is 5.53. The largest absolute Gasteiger partial charge is 0.323 e. The van der Waals surface area contributed by atoms with Crippen LogP contribution >= 0.6 is 23.1 Å². The van der Waals surface area contributed by atoms with Crippen LogP contribution < -0.4 is 10.6 Å². The van der Waals surface area contributed by atoms with Gasteiger partial charge >= 0.3 is 0 Å². The molecule has 0 saturated carbocycles. The first-order valence-electron chi connectivity index (χ1n) is 7.33. The molecule has 1 aliphatic rings. The van der Waals surface area contributed by atoms with Crippen molar-refractivity contribution in [3.63, 3.8) is 0 Å². The minimum Gasteiger partial charge on any atom is -0.323 e. The van der Waals surface area contributed by atoms with Gasteiger partial charge in [0.25, 0.3) is 5.91 Å². The Kier molecular flexibility index (Phi) is 3.54. The molecule has 7 heteroatoms. The van der Waals surface area contributed by atoms with E-state index in [1.807, 2.05) is 48.5 Å². The Balaban J connectivity index is 1.62. The number of nitrogens with zero attached hydrogens (tertiary/aromatic N) is 1. The summed E-state index contributed by atoms with van der Waals surface area (Å²) in [6.07, 6.45) is 0. The second kappa shape index (κ2) is 5.61. The number of hydrogen-bond acceptors (Lipinski definition) is 5. The maximum atomic E-state index is 12.8. The van der Waals surface area contributed by atoms with Crippen molar-refractivity contribution in [2.45, 2.75) is 16.6 Å². The third kappa shape index (κ3) is 2.46. The van der Waals surface area contributed by atoms with Crippen LogP contribution in [0.5, 0.6) is 0 Å². The lowest BCUT2D eigenvalue weighted by Crippen LogP contribution is -2.49. The first kappa shape index (κ1) is 15.2. The maximum Gasteiger partial charge on any atom is 0.252 e. The van der Waals surface area contributed by atoms with E-state index in [2.05, 4.69) is 15.6 Å². The molecular weight excluding hydrogens is 342 g/mol. The zero-order valence-electron chi connectivity index (χ0n) is 12.7. The number of carbonyl (C=O) groups is 2. The smallest absolute Gasteiger partial charge is 0.252 e. The van der Waals surface area contributed by atoms with E-state index < -0.39 is 4.75 Å². The predicted molar refractivity (Wildman–Crippen MR) is 97.6 cm³/mol. The van der Waals surface area contributed by atoms with Gasteiger partial charge in [0.05, 0.1) is 15.9 Å². The van der Waals surface area contributed by atoms with Crippen molar-refractivity contribution in [3.05, 3.63) is 48.5 Å². The van der Waals surface area contributed by atoms with E-state index in [9.17, 15) is 9.59 Å². The molecule has 2 amide bonds. The average Bonchev–Trinajstić information content (AvgIpc) is 2.98. The average molecular weight is 355 g/mol. The van der Waals surface area contributed by atoms with Gasteiger partial charge in [0.1, 0.15) is 0 Å². The van der Waals surface area contributed by atoms with E-state index >= 15 is 0 Å². The number of anilines is 2. The van der Waals surface area contributed by atoms with Crippen LogP contribution in [0.2, 0.25) is 0 Å². The van der Waals surface area contributed by atoms with Crippen molar-refractivity contribution < 1.29 is 9.59 Å². The second-order valence-corrected chi connectivity index (χ2v) is 8.02. The molecular formula is C17H13N3O2S2. The fourth-order valence-corrected chi connectivity index (χ4v) is 4.42. The number of thioether (sulfide) groups is 1. The topological polar surface area (TPSA) is 71.1 Å². The van der Waals surface area contributed by atoms with Crippen molar-refractivity contribution in [1.29, 1.82) is 0 Å². The number of para-hydroxylation sites is 2. The summed E-state index contributed by atoms with van der Waals surface area (Å²) in [6.45, 7) is 1.63. The molecule has 5 nitrogen and oxygen atoms in total. The highest BCUT2D eigenvalue weighted by molar-refractivity contribution is 8.02. The van der Waals surface area contributed by atoms with Crippen LogP contribution in [0.15, 0.2) is 53.4 Å². The molecule has 1 aromatic heterocycles. The lowest BCUT2D eigenvalue weighted by atomic mass is 10.1. The molecule has 0 saturated heterocycles. The molecule has 1 atom stereocenters. The Morgan fingerprint density at radius 1 is 1.17 bits per heavy atom. The first-order chi connectivity index (χ1) is 11.6. The molecule has 0 spiro atoms. The first-order valence-corrected chi connectivity index (χ1v) is 8.96. The number of fused-ring (bicyclic) bond motifs is 2. The third-order valence-corrected chi connectivity index (χ3v) is 6.14. The summed E-state index contributed by atoms with van der Waals surface area (Å²) in [7, 11) is 0. The number of rotatable bonds is 2. The van der Waals surface area contributed by atoms with Gasteiger partial charge in [0.15, 0.2) is 9.88 Å². The van der Waals surface area contributed by atoms with Crippen molar-refractivity contribution in [2.75, 3.05) is 10.6 Å². The van der Waals surface area contributed by atoms with Gasteiger partial charge in [-0.1, -0.05) is 47.4 Å². The lowest BCUT2D eigenvalue weighted by Gasteiger charge is -2.31. The Hall–Kier alpha value is -2.38. The highest BCUT2D eigenvalue weighted by Gasteiger charge is 2.46. The summed E-state index contributed by atoms with van der Waals surface area (Å²) in [5, 5.41) is 6.09. The summed E-state index contributed by atoms with van der Waals surface area (Å²) in [5.74, 6) is -0.705. The van der Waals surface area contributed by atoms with E-state index in [1.54, 1.807) is 6.92 Å². The summed E-state index contributed by atoms with van der Waals surface area (Å²) < 4.78 is -0.254. The van der Waals surface area contributed by atoms with E-state index in [0.29, 0.717) is 5.13 Å². The predicted octanol–water partition coefficient (Wildman–Crippen LogP) is 3.74. The summed E-state index contributed by atoms with van der Waals surface area (Å²) in [4.78, 5) is 30.5. The molecule has 0 fully saturated rings. The Labute approximate surface area is 146 Å². The molecule has 24 heavy (non-hydrogen) atoms. The molecule has 0 aliphatic carbocycles. The van der Waals surface area contributed by atoms with Crippen LogP contribution in [0.25, 0.3) is 10.2 Å². The molecule has 120 valence electrons. The molecule has 0 bridgehead atoms. The lowest BCUT2D eigenvalue weighted by molar-refractivity contribution is -0.126. The molecule has 1 unspecified atom stereocenters. The van der Waals surface area contributed by atoms with Gasteiger partial charge in [-0.15, -0.1) is 0 Å². The standard InChI is InChI=1S/C17H13N3O2S2/c1-17(14(21)18-11-7-3-5-9-13(11)24-17)15(22)20-16-19-10-6-2-4-8-12(10)23-16/h2-9H,1H3,(H,18,21)(H,19,20,22).